The van der Waals surface area contributed by atoms with Crippen LogP contribution in [0.1, 0.15) is 30.7 Å². The average Bonchev–Trinajstić information content (AvgIpc) is 2.80. The summed E-state index contributed by atoms with van der Waals surface area (Å²) in [5, 5.41) is 1.06. The minimum atomic E-state index is -0.0581. The van der Waals surface area contributed by atoms with E-state index >= 15 is 0 Å². The molecule has 1 saturated heterocycles. The van der Waals surface area contributed by atoms with Crippen LogP contribution < -0.4 is 0 Å². The van der Waals surface area contributed by atoms with Crippen LogP contribution in [-0.2, 0) is 4.74 Å². The first-order chi connectivity index (χ1) is 8.13. The SMILES string of the molecule is CCC1OCCC1C(Cl)c1ccc(Cl)c(Cl)c1. The third kappa shape index (κ3) is 2.90. The fourth-order valence-electron chi connectivity index (χ4n) is 2.35. The molecule has 2 rings (SSSR count). The highest BCUT2D eigenvalue weighted by molar-refractivity contribution is 6.42. The van der Waals surface area contributed by atoms with Gasteiger partial charge >= 0.3 is 0 Å². The summed E-state index contributed by atoms with van der Waals surface area (Å²) in [6.45, 7) is 2.93. The van der Waals surface area contributed by atoms with E-state index in [0.717, 1.165) is 25.0 Å². The van der Waals surface area contributed by atoms with Crippen molar-refractivity contribution >= 4 is 34.8 Å². The Labute approximate surface area is 117 Å². The molecule has 0 saturated carbocycles. The Bertz CT molecular complexity index is 394. The molecule has 1 nitrogen and oxygen atoms in total. The lowest BCUT2D eigenvalue weighted by atomic mass is 9.91. The van der Waals surface area contributed by atoms with Crippen molar-refractivity contribution in [3.8, 4) is 0 Å². The maximum atomic E-state index is 6.53. The normalized spacial score (nSPS) is 26.1. The van der Waals surface area contributed by atoms with Crippen molar-refractivity contribution in [3.05, 3.63) is 33.8 Å². The van der Waals surface area contributed by atoms with E-state index in [4.69, 9.17) is 39.5 Å². The van der Waals surface area contributed by atoms with Crippen LogP contribution in [0.2, 0.25) is 10.0 Å². The lowest BCUT2D eigenvalue weighted by Gasteiger charge is -2.22. The Kier molecular flexibility index (Phi) is 4.59. The summed E-state index contributed by atoms with van der Waals surface area (Å²) in [4.78, 5) is 0. The smallest absolute Gasteiger partial charge is 0.0639 e. The van der Waals surface area contributed by atoms with Gasteiger partial charge in [0.1, 0.15) is 0 Å². The Morgan fingerprint density at radius 2 is 2.12 bits per heavy atom. The Hall–Kier alpha value is 0.0500. The second-order valence-corrected chi connectivity index (χ2v) is 5.63. The molecule has 3 atom stereocenters. The quantitative estimate of drug-likeness (QED) is 0.705. The van der Waals surface area contributed by atoms with Gasteiger partial charge in [0.2, 0.25) is 0 Å². The molecule has 0 bridgehead atoms. The van der Waals surface area contributed by atoms with Gasteiger partial charge in [-0.25, -0.2) is 0 Å². The lowest BCUT2D eigenvalue weighted by Crippen LogP contribution is -2.19. The van der Waals surface area contributed by atoms with Gasteiger partial charge in [-0.05, 0) is 30.5 Å². The first kappa shape index (κ1) is 13.5. The molecule has 0 N–H and O–H groups in total. The number of ether oxygens (including phenoxy) is 1. The summed E-state index contributed by atoms with van der Waals surface area (Å²) in [6.07, 6.45) is 2.26. The molecule has 1 heterocycles. The fourth-order valence-corrected chi connectivity index (χ4v) is 3.08. The highest BCUT2D eigenvalue weighted by atomic mass is 35.5. The van der Waals surface area contributed by atoms with E-state index in [1.165, 1.54) is 0 Å². The molecule has 0 aromatic heterocycles. The van der Waals surface area contributed by atoms with Crippen LogP contribution in [0.3, 0.4) is 0 Å². The summed E-state index contributed by atoms with van der Waals surface area (Å²) in [6, 6.07) is 5.59. The zero-order chi connectivity index (χ0) is 12.4. The van der Waals surface area contributed by atoms with E-state index in [-0.39, 0.29) is 11.5 Å². The number of rotatable bonds is 3. The number of alkyl halides is 1. The molecule has 0 amide bonds. The van der Waals surface area contributed by atoms with Gasteiger partial charge in [-0.15, -0.1) is 11.6 Å². The fraction of sp³-hybridized carbons (Fsp3) is 0.538. The van der Waals surface area contributed by atoms with E-state index < -0.39 is 0 Å². The van der Waals surface area contributed by atoms with Crippen LogP contribution in [0.4, 0.5) is 0 Å². The Morgan fingerprint density at radius 1 is 1.35 bits per heavy atom. The molecular formula is C13H15Cl3O. The van der Waals surface area contributed by atoms with Gasteiger partial charge in [0, 0.05) is 12.5 Å². The average molecular weight is 294 g/mol. The molecule has 0 aliphatic carbocycles. The van der Waals surface area contributed by atoms with Crippen molar-refractivity contribution in [2.24, 2.45) is 5.92 Å². The number of hydrogen-bond acceptors (Lipinski definition) is 1. The van der Waals surface area contributed by atoms with Crippen LogP contribution in [0, 0.1) is 5.92 Å². The minimum Gasteiger partial charge on any atom is -0.378 e. The third-order valence-corrected chi connectivity index (χ3v) is 4.62. The molecule has 17 heavy (non-hydrogen) atoms. The molecule has 4 heteroatoms. The third-order valence-electron chi connectivity index (χ3n) is 3.30. The second kappa shape index (κ2) is 5.79. The summed E-state index contributed by atoms with van der Waals surface area (Å²) >= 11 is 18.4. The van der Waals surface area contributed by atoms with E-state index in [9.17, 15) is 0 Å². The molecule has 1 aromatic rings. The van der Waals surface area contributed by atoms with Crippen LogP contribution in [0.15, 0.2) is 18.2 Å². The van der Waals surface area contributed by atoms with Gasteiger partial charge in [-0.2, -0.15) is 0 Å². The Morgan fingerprint density at radius 3 is 2.76 bits per heavy atom. The van der Waals surface area contributed by atoms with Gasteiger partial charge in [0.15, 0.2) is 0 Å². The highest BCUT2D eigenvalue weighted by Gasteiger charge is 2.33. The molecule has 3 unspecified atom stereocenters. The molecule has 1 fully saturated rings. The Balaban J connectivity index is 2.18. The van der Waals surface area contributed by atoms with Crippen molar-refractivity contribution in [2.75, 3.05) is 6.61 Å². The van der Waals surface area contributed by atoms with Crippen molar-refractivity contribution in [3.63, 3.8) is 0 Å². The molecule has 0 spiro atoms. The number of hydrogen-bond donors (Lipinski definition) is 0. The zero-order valence-corrected chi connectivity index (χ0v) is 11.9. The summed E-state index contributed by atoms with van der Waals surface area (Å²) < 4.78 is 5.67. The van der Waals surface area contributed by atoms with Crippen molar-refractivity contribution in [1.29, 1.82) is 0 Å². The first-order valence-corrected chi connectivity index (χ1v) is 7.03. The lowest BCUT2D eigenvalue weighted by molar-refractivity contribution is 0.0864. The zero-order valence-electron chi connectivity index (χ0n) is 9.63. The molecular weight excluding hydrogens is 279 g/mol. The van der Waals surface area contributed by atoms with Crippen molar-refractivity contribution in [1.82, 2.24) is 0 Å². The number of benzene rings is 1. The van der Waals surface area contributed by atoms with Crippen LogP contribution in [0.5, 0.6) is 0 Å². The molecule has 1 aromatic carbocycles. The maximum Gasteiger partial charge on any atom is 0.0639 e. The molecule has 1 aliphatic heterocycles. The van der Waals surface area contributed by atoms with E-state index in [2.05, 4.69) is 6.92 Å². The van der Waals surface area contributed by atoms with Gasteiger partial charge in [0.25, 0.3) is 0 Å². The summed E-state index contributed by atoms with van der Waals surface area (Å²) in [5.74, 6) is 0.360. The predicted molar refractivity (Wildman–Crippen MR) is 73.2 cm³/mol. The molecule has 1 aliphatic rings. The van der Waals surface area contributed by atoms with Crippen LogP contribution in [-0.4, -0.2) is 12.7 Å². The van der Waals surface area contributed by atoms with E-state index in [1.54, 1.807) is 6.07 Å². The summed E-state index contributed by atoms with van der Waals surface area (Å²) in [5.41, 5.74) is 1.02. The van der Waals surface area contributed by atoms with Gasteiger partial charge in [-0.1, -0.05) is 36.2 Å². The molecule has 0 radical (unpaired) electrons. The topological polar surface area (TPSA) is 9.23 Å². The van der Waals surface area contributed by atoms with Crippen molar-refractivity contribution in [2.45, 2.75) is 31.2 Å². The van der Waals surface area contributed by atoms with Gasteiger partial charge in [-0.3, -0.25) is 0 Å². The highest BCUT2D eigenvalue weighted by Crippen LogP contribution is 2.40. The predicted octanol–water partition coefficient (Wildman–Crippen LogP) is 5.09. The van der Waals surface area contributed by atoms with Crippen LogP contribution >= 0.6 is 34.8 Å². The van der Waals surface area contributed by atoms with Gasteiger partial charge < -0.3 is 4.74 Å². The number of halogens is 3. The second-order valence-electron chi connectivity index (χ2n) is 4.35. The first-order valence-electron chi connectivity index (χ1n) is 5.84. The minimum absolute atomic E-state index is 0.0581. The molecule has 94 valence electrons. The van der Waals surface area contributed by atoms with E-state index in [1.807, 2.05) is 12.1 Å². The van der Waals surface area contributed by atoms with Crippen LogP contribution in [0.25, 0.3) is 0 Å². The monoisotopic (exact) mass is 292 g/mol. The summed E-state index contributed by atoms with van der Waals surface area (Å²) in [7, 11) is 0. The largest absolute Gasteiger partial charge is 0.378 e. The van der Waals surface area contributed by atoms with E-state index in [0.29, 0.717) is 16.0 Å². The maximum absolute atomic E-state index is 6.53. The standard InChI is InChI=1S/C13H15Cl3O/c1-2-12-9(5-6-17-12)13(16)8-3-4-10(14)11(15)7-8/h3-4,7,9,12-13H,2,5-6H2,1H3. The van der Waals surface area contributed by atoms with Crippen molar-refractivity contribution < 1.29 is 4.74 Å². The van der Waals surface area contributed by atoms with Gasteiger partial charge in [0.05, 0.1) is 21.5 Å².